The van der Waals surface area contributed by atoms with Crippen molar-refractivity contribution in [3.63, 3.8) is 0 Å². The van der Waals surface area contributed by atoms with Gasteiger partial charge in [0, 0.05) is 23.7 Å². The van der Waals surface area contributed by atoms with Gasteiger partial charge in [0.15, 0.2) is 0 Å². The number of carbonyl (C=O) groups is 1. The Morgan fingerprint density at radius 2 is 1.65 bits per heavy atom. The molecule has 0 saturated carbocycles. The molecule has 1 atom stereocenters. The van der Waals surface area contributed by atoms with Crippen LogP contribution in [0.1, 0.15) is 34.9 Å². The van der Waals surface area contributed by atoms with Crippen LogP contribution in [-0.4, -0.2) is 29.0 Å². The first kappa shape index (κ1) is 16.0. The number of nitrogens with zero attached hydrogens (tertiary/aromatic N) is 1. The lowest BCUT2D eigenvalue weighted by molar-refractivity contribution is 0.0462. The second kappa shape index (κ2) is 7.16. The Morgan fingerprint density at radius 3 is 2.26 bits per heavy atom. The lowest BCUT2D eigenvalue weighted by atomic mass is 9.87. The van der Waals surface area contributed by atoms with E-state index in [2.05, 4.69) is 0 Å². The summed E-state index contributed by atoms with van der Waals surface area (Å²) >= 11 is 5.89. The average molecular weight is 330 g/mol. The van der Waals surface area contributed by atoms with Gasteiger partial charge in [0.2, 0.25) is 0 Å². The molecule has 0 spiro atoms. The molecule has 23 heavy (non-hydrogen) atoms. The van der Waals surface area contributed by atoms with E-state index in [1.54, 1.807) is 12.1 Å². The van der Waals surface area contributed by atoms with Crippen LogP contribution in [0, 0.1) is 5.92 Å². The predicted molar refractivity (Wildman–Crippen MR) is 91.5 cm³/mol. The van der Waals surface area contributed by atoms with Gasteiger partial charge >= 0.3 is 0 Å². The third-order valence-electron chi connectivity index (χ3n) is 4.51. The summed E-state index contributed by atoms with van der Waals surface area (Å²) < 4.78 is 0. The maximum absolute atomic E-state index is 12.4. The van der Waals surface area contributed by atoms with Gasteiger partial charge in [-0.05, 0) is 48.6 Å². The van der Waals surface area contributed by atoms with Gasteiger partial charge in [-0.15, -0.1) is 0 Å². The first-order chi connectivity index (χ1) is 11.1. The van der Waals surface area contributed by atoms with Gasteiger partial charge in [-0.2, -0.15) is 0 Å². The molecule has 1 aliphatic heterocycles. The Morgan fingerprint density at radius 1 is 1.04 bits per heavy atom. The van der Waals surface area contributed by atoms with Crippen LogP contribution in [0.3, 0.4) is 0 Å². The van der Waals surface area contributed by atoms with Crippen LogP contribution >= 0.6 is 11.6 Å². The SMILES string of the molecule is O=C(c1ccccc1)N1CCC(C(O)c2ccc(Cl)cc2)CC1. The van der Waals surface area contributed by atoms with Crippen molar-refractivity contribution < 1.29 is 9.90 Å². The molecule has 1 amide bonds. The fourth-order valence-electron chi connectivity index (χ4n) is 3.11. The van der Waals surface area contributed by atoms with Crippen molar-refractivity contribution in [1.82, 2.24) is 4.90 Å². The molecule has 1 heterocycles. The molecule has 0 aliphatic carbocycles. The molecule has 0 aromatic heterocycles. The van der Waals surface area contributed by atoms with Gasteiger partial charge in [-0.25, -0.2) is 0 Å². The number of hydrogen-bond donors (Lipinski definition) is 1. The van der Waals surface area contributed by atoms with Crippen molar-refractivity contribution >= 4 is 17.5 Å². The van der Waals surface area contributed by atoms with Gasteiger partial charge in [-0.3, -0.25) is 4.79 Å². The Balaban J connectivity index is 1.60. The number of amides is 1. The third-order valence-corrected chi connectivity index (χ3v) is 4.76. The van der Waals surface area contributed by atoms with Gasteiger partial charge in [-0.1, -0.05) is 41.9 Å². The summed E-state index contributed by atoms with van der Waals surface area (Å²) in [6.45, 7) is 1.37. The van der Waals surface area contributed by atoms with Crippen LogP contribution in [0.15, 0.2) is 54.6 Å². The van der Waals surface area contributed by atoms with Gasteiger partial charge in [0.05, 0.1) is 6.10 Å². The standard InChI is InChI=1S/C19H20ClNO2/c20-17-8-6-14(7-9-17)18(22)15-10-12-21(13-11-15)19(23)16-4-2-1-3-5-16/h1-9,15,18,22H,10-13H2. The number of aliphatic hydroxyl groups excluding tert-OH is 1. The number of carbonyl (C=O) groups excluding carboxylic acids is 1. The maximum Gasteiger partial charge on any atom is 0.253 e. The van der Waals surface area contributed by atoms with E-state index in [1.807, 2.05) is 47.4 Å². The van der Waals surface area contributed by atoms with Crippen molar-refractivity contribution in [2.45, 2.75) is 18.9 Å². The Hall–Kier alpha value is -1.84. The van der Waals surface area contributed by atoms with Crippen LogP contribution in [-0.2, 0) is 0 Å². The lowest BCUT2D eigenvalue weighted by Gasteiger charge is -2.34. The number of piperidine rings is 1. The Kier molecular flexibility index (Phi) is 4.99. The Labute approximate surface area is 141 Å². The average Bonchev–Trinajstić information content (AvgIpc) is 2.62. The van der Waals surface area contributed by atoms with Crippen LogP contribution in [0.2, 0.25) is 5.02 Å². The van der Waals surface area contributed by atoms with E-state index in [4.69, 9.17) is 11.6 Å². The topological polar surface area (TPSA) is 40.5 Å². The van der Waals surface area contributed by atoms with E-state index < -0.39 is 6.10 Å². The van der Waals surface area contributed by atoms with Crippen LogP contribution in [0.5, 0.6) is 0 Å². The second-order valence-corrected chi connectivity index (χ2v) is 6.43. The number of hydrogen-bond acceptors (Lipinski definition) is 2. The molecule has 1 aliphatic rings. The highest BCUT2D eigenvalue weighted by molar-refractivity contribution is 6.30. The minimum Gasteiger partial charge on any atom is -0.388 e. The third kappa shape index (κ3) is 3.74. The zero-order valence-corrected chi connectivity index (χ0v) is 13.6. The summed E-state index contributed by atoms with van der Waals surface area (Å²) in [5.74, 6) is 0.251. The number of likely N-dealkylation sites (tertiary alicyclic amines) is 1. The molecule has 2 aromatic carbocycles. The molecule has 2 aromatic rings. The van der Waals surface area contributed by atoms with E-state index in [0.29, 0.717) is 18.1 Å². The number of halogens is 1. The van der Waals surface area contributed by atoms with E-state index in [0.717, 1.165) is 24.0 Å². The molecule has 0 radical (unpaired) electrons. The summed E-state index contributed by atoms with van der Waals surface area (Å²) in [6.07, 6.45) is 1.12. The minimum absolute atomic E-state index is 0.0741. The quantitative estimate of drug-likeness (QED) is 0.927. The molecular formula is C19H20ClNO2. The molecule has 3 rings (SSSR count). The van der Waals surface area contributed by atoms with Crippen molar-refractivity contribution in [1.29, 1.82) is 0 Å². The monoisotopic (exact) mass is 329 g/mol. The molecule has 1 unspecified atom stereocenters. The molecule has 3 nitrogen and oxygen atoms in total. The summed E-state index contributed by atoms with van der Waals surface area (Å²) in [5.41, 5.74) is 1.62. The van der Waals surface area contributed by atoms with E-state index in [9.17, 15) is 9.90 Å². The summed E-state index contributed by atoms with van der Waals surface area (Å²) in [4.78, 5) is 14.3. The number of aliphatic hydroxyl groups is 1. The molecule has 4 heteroatoms. The largest absolute Gasteiger partial charge is 0.388 e. The highest BCUT2D eigenvalue weighted by Gasteiger charge is 2.28. The first-order valence-corrected chi connectivity index (χ1v) is 8.31. The van der Waals surface area contributed by atoms with Gasteiger partial charge in [0.1, 0.15) is 0 Å². The summed E-state index contributed by atoms with van der Waals surface area (Å²) in [7, 11) is 0. The molecule has 1 fully saturated rings. The van der Waals surface area contributed by atoms with Crippen LogP contribution < -0.4 is 0 Å². The lowest BCUT2D eigenvalue weighted by Crippen LogP contribution is -2.39. The van der Waals surface area contributed by atoms with Crippen molar-refractivity contribution in [2.24, 2.45) is 5.92 Å². The molecule has 120 valence electrons. The molecule has 1 N–H and O–H groups in total. The zero-order valence-electron chi connectivity index (χ0n) is 12.9. The number of rotatable bonds is 3. The molecule has 1 saturated heterocycles. The van der Waals surface area contributed by atoms with Crippen molar-refractivity contribution in [3.8, 4) is 0 Å². The summed E-state index contributed by atoms with van der Waals surface area (Å²) in [6, 6.07) is 16.7. The van der Waals surface area contributed by atoms with Gasteiger partial charge in [0.25, 0.3) is 5.91 Å². The highest BCUT2D eigenvalue weighted by Crippen LogP contribution is 2.31. The fraction of sp³-hybridized carbons (Fsp3) is 0.316. The summed E-state index contributed by atoms with van der Waals surface area (Å²) in [5, 5.41) is 11.2. The zero-order chi connectivity index (χ0) is 16.2. The molecule has 0 bridgehead atoms. The van der Waals surface area contributed by atoms with E-state index in [1.165, 1.54) is 0 Å². The molecular weight excluding hydrogens is 310 g/mol. The highest BCUT2D eigenvalue weighted by atomic mass is 35.5. The fourth-order valence-corrected chi connectivity index (χ4v) is 3.24. The van der Waals surface area contributed by atoms with Crippen LogP contribution in [0.4, 0.5) is 0 Å². The van der Waals surface area contributed by atoms with E-state index >= 15 is 0 Å². The predicted octanol–water partition coefficient (Wildman–Crippen LogP) is 3.93. The van der Waals surface area contributed by atoms with Gasteiger partial charge < -0.3 is 10.0 Å². The minimum atomic E-state index is -0.499. The smallest absolute Gasteiger partial charge is 0.253 e. The van der Waals surface area contributed by atoms with E-state index in [-0.39, 0.29) is 11.8 Å². The Bertz CT molecular complexity index is 649. The first-order valence-electron chi connectivity index (χ1n) is 7.93. The number of benzene rings is 2. The maximum atomic E-state index is 12.4. The van der Waals surface area contributed by atoms with Crippen LogP contribution in [0.25, 0.3) is 0 Å². The van der Waals surface area contributed by atoms with Crippen molar-refractivity contribution in [3.05, 3.63) is 70.7 Å². The second-order valence-electron chi connectivity index (χ2n) is 5.99. The van der Waals surface area contributed by atoms with Crippen molar-refractivity contribution in [2.75, 3.05) is 13.1 Å². The normalized spacial score (nSPS) is 17.0.